The zero-order valence-electron chi connectivity index (χ0n) is 13.2. The van der Waals surface area contributed by atoms with Crippen molar-refractivity contribution in [1.29, 1.82) is 0 Å². The quantitative estimate of drug-likeness (QED) is 0.646. The molecule has 0 aliphatic heterocycles. The molecule has 0 saturated carbocycles. The van der Waals surface area contributed by atoms with Gasteiger partial charge in [0.25, 0.3) is 5.91 Å². The first-order chi connectivity index (χ1) is 11.1. The first-order valence-corrected chi connectivity index (χ1v) is 7.77. The van der Waals surface area contributed by atoms with E-state index in [1.807, 2.05) is 19.1 Å². The molecule has 0 fully saturated rings. The molecule has 23 heavy (non-hydrogen) atoms. The number of nitrogens with zero attached hydrogens (tertiary/aromatic N) is 1. The number of hydrogen-bond acceptors (Lipinski definition) is 3. The number of hydrazone groups is 1. The zero-order valence-corrected chi connectivity index (χ0v) is 13.9. The maximum atomic E-state index is 11.8. The molecule has 5 heteroatoms. The predicted octanol–water partition coefficient (Wildman–Crippen LogP) is 3.82. The van der Waals surface area contributed by atoms with Gasteiger partial charge in [-0.05, 0) is 42.7 Å². The van der Waals surface area contributed by atoms with Crippen LogP contribution in [0.1, 0.15) is 25.0 Å². The van der Waals surface area contributed by atoms with Gasteiger partial charge < -0.3 is 4.74 Å². The van der Waals surface area contributed by atoms with Crippen LogP contribution in [0.25, 0.3) is 0 Å². The largest absolute Gasteiger partial charge is 0.484 e. The fourth-order valence-electron chi connectivity index (χ4n) is 1.93. The number of aryl methyl sites for hydroxylation is 1. The average Bonchev–Trinajstić information content (AvgIpc) is 2.58. The first-order valence-electron chi connectivity index (χ1n) is 7.39. The van der Waals surface area contributed by atoms with Gasteiger partial charge in [0.15, 0.2) is 6.61 Å². The standard InChI is InChI=1S/C18H19ClN2O2/c1-3-14-7-9-15(10-8-14)13(2)20-21-18(22)12-23-17-6-4-5-16(19)11-17/h4-11H,3,12H2,1-2H3,(H,21,22). The molecule has 0 spiro atoms. The third-order valence-corrected chi connectivity index (χ3v) is 3.53. The molecule has 0 saturated heterocycles. The number of carbonyl (C=O) groups is 1. The van der Waals surface area contributed by atoms with Crippen molar-refractivity contribution >= 4 is 23.2 Å². The molecule has 0 aliphatic rings. The molecule has 2 rings (SSSR count). The number of carbonyl (C=O) groups excluding carboxylic acids is 1. The van der Waals surface area contributed by atoms with Crippen molar-refractivity contribution < 1.29 is 9.53 Å². The summed E-state index contributed by atoms with van der Waals surface area (Å²) in [5.41, 5.74) is 5.46. The number of rotatable bonds is 6. The second-order valence-electron chi connectivity index (χ2n) is 5.03. The molecule has 0 radical (unpaired) electrons. The van der Waals surface area contributed by atoms with Crippen LogP contribution in [0.4, 0.5) is 0 Å². The molecule has 4 nitrogen and oxygen atoms in total. The molecule has 0 unspecified atom stereocenters. The van der Waals surface area contributed by atoms with E-state index >= 15 is 0 Å². The summed E-state index contributed by atoms with van der Waals surface area (Å²) in [6.07, 6.45) is 0.994. The smallest absolute Gasteiger partial charge is 0.277 e. The van der Waals surface area contributed by atoms with Gasteiger partial charge in [-0.3, -0.25) is 4.79 Å². The van der Waals surface area contributed by atoms with E-state index in [9.17, 15) is 4.79 Å². The Kier molecular flexibility index (Phi) is 6.18. The van der Waals surface area contributed by atoms with Crippen LogP contribution in [-0.4, -0.2) is 18.2 Å². The molecule has 1 amide bonds. The van der Waals surface area contributed by atoms with Gasteiger partial charge in [-0.2, -0.15) is 5.10 Å². The van der Waals surface area contributed by atoms with Crippen LogP contribution in [0.2, 0.25) is 5.02 Å². The minimum absolute atomic E-state index is 0.119. The molecule has 2 aromatic carbocycles. The van der Waals surface area contributed by atoms with Gasteiger partial charge in [-0.15, -0.1) is 0 Å². The summed E-state index contributed by atoms with van der Waals surface area (Å²) in [6.45, 7) is 3.83. The van der Waals surface area contributed by atoms with E-state index in [2.05, 4.69) is 29.6 Å². The van der Waals surface area contributed by atoms with Gasteiger partial charge in [-0.1, -0.05) is 48.9 Å². The van der Waals surface area contributed by atoms with Gasteiger partial charge in [0.2, 0.25) is 0 Å². The summed E-state index contributed by atoms with van der Waals surface area (Å²) in [4.78, 5) is 11.8. The number of halogens is 1. The Bertz CT molecular complexity index is 696. The van der Waals surface area contributed by atoms with Gasteiger partial charge in [0.1, 0.15) is 5.75 Å². The molecular formula is C18H19ClN2O2. The number of hydrogen-bond donors (Lipinski definition) is 1. The number of amides is 1. The highest BCUT2D eigenvalue weighted by molar-refractivity contribution is 6.30. The van der Waals surface area contributed by atoms with Crippen molar-refractivity contribution in [3.8, 4) is 5.75 Å². The molecule has 1 N–H and O–H groups in total. The zero-order chi connectivity index (χ0) is 16.7. The van der Waals surface area contributed by atoms with E-state index in [0.717, 1.165) is 17.7 Å². The second kappa shape index (κ2) is 8.34. The van der Waals surface area contributed by atoms with Crippen LogP contribution in [0.5, 0.6) is 5.75 Å². The third-order valence-electron chi connectivity index (χ3n) is 3.29. The van der Waals surface area contributed by atoms with Crippen molar-refractivity contribution in [1.82, 2.24) is 5.43 Å². The first kappa shape index (κ1) is 17.0. The highest BCUT2D eigenvalue weighted by atomic mass is 35.5. The lowest BCUT2D eigenvalue weighted by Gasteiger charge is -2.06. The molecule has 0 aliphatic carbocycles. The van der Waals surface area contributed by atoms with Gasteiger partial charge in [0, 0.05) is 5.02 Å². The minimum Gasteiger partial charge on any atom is -0.484 e. The molecule has 120 valence electrons. The van der Waals surface area contributed by atoms with E-state index in [1.165, 1.54) is 5.56 Å². The van der Waals surface area contributed by atoms with Crippen LogP contribution in [-0.2, 0) is 11.2 Å². The Morgan fingerprint density at radius 3 is 2.61 bits per heavy atom. The SMILES string of the molecule is CCc1ccc(C(C)=NNC(=O)COc2cccc(Cl)c2)cc1. The van der Waals surface area contributed by atoms with Crippen LogP contribution in [0, 0.1) is 0 Å². The summed E-state index contributed by atoms with van der Waals surface area (Å²) in [6, 6.07) is 15.0. The Labute approximate surface area is 141 Å². The number of nitrogens with one attached hydrogen (secondary N) is 1. The average molecular weight is 331 g/mol. The Hall–Kier alpha value is -2.33. The van der Waals surface area contributed by atoms with Crippen molar-refractivity contribution in [3.05, 3.63) is 64.7 Å². The minimum atomic E-state index is -0.325. The van der Waals surface area contributed by atoms with Crippen LogP contribution >= 0.6 is 11.6 Å². The van der Waals surface area contributed by atoms with E-state index < -0.39 is 0 Å². The molecular weight excluding hydrogens is 312 g/mol. The van der Waals surface area contributed by atoms with Gasteiger partial charge in [0.05, 0.1) is 5.71 Å². The van der Waals surface area contributed by atoms with Crippen LogP contribution in [0.3, 0.4) is 0 Å². The maximum Gasteiger partial charge on any atom is 0.277 e. The van der Waals surface area contributed by atoms with Gasteiger partial charge >= 0.3 is 0 Å². The summed E-state index contributed by atoms with van der Waals surface area (Å²) >= 11 is 5.85. The lowest BCUT2D eigenvalue weighted by molar-refractivity contribution is -0.123. The molecule has 0 bridgehead atoms. The van der Waals surface area contributed by atoms with Gasteiger partial charge in [-0.25, -0.2) is 5.43 Å². The fourth-order valence-corrected chi connectivity index (χ4v) is 2.11. The van der Waals surface area contributed by atoms with E-state index in [4.69, 9.17) is 16.3 Å². The number of benzene rings is 2. The molecule has 2 aromatic rings. The van der Waals surface area contributed by atoms with E-state index in [-0.39, 0.29) is 12.5 Å². The van der Waals surface area contributed by atoms with E-state index in [0.29, 0.717) is 10.8 Å². The van der Waals surface area contributed by atoms with Crippen molar-refractivity contribution in [2.75, 3.05) is 6.61 Å². The molecule has 0 heterocycles. The summed E-state index contributed by atoms with van der Waals surface area (Å²) in [5, 5.41) is 4.65. The molecule has 0 aromatic heterocycles. The Morgan fingerprint density at radius 2 is 1.96 bits per heavy atom. The summed E-state index contributed by atoms with van der Waals surface area (Å²) in [5.74, 6) is 0.220. The van der Waals surface area contributed by atoms with E-state index in [1.54, 1.807) is 24.3 Å². The maximum absolute atomic E-state index is 11.8. The highest BCUT2D eigenvalue weighted by Crippen LogP contribution is 2.16. The highest BCUT2D eigenvalue weighted by Gasteiger charge is 2.03. The second-order valence-corrected chi connectivity index (χ2v) is 5.47. The Morgan fingerprint density at radius 1 is 1.22 bits per heavy atom. The van der Waals surface area contributed by atoms with Crippen LogP contribution in [0.15, 0.2) is 53.6 Å². The lowest BCUT2D eigenvalue weighted by Crippen LogP contribution is -2.25. The normalized spacial score (nSPS) is 11.2. The monoisotopic (exact) mass is 330 g/mol. The topological polar surface area (TPSA) is 50.7 Å². The van der Waals surface area contributed by atoms with Crippen molar-refractivity contribution in [2.45, 2.75) is 20.3 Å². The summed E-state index contributed by atoms with van der Waals surface area (Å²) in [7, 11) is 0. The fraction of sp³-hybridized carbons (Fsp3) is 0.222. The third kappa shape index (κ3) is 5.42. The number of ether oxygens (including phenoxy) is 1. The van der Waals surface area contributed by atoms with Crippen molar-refractivity contribution in [2.24, 2.45) is 5.10 Å². The molecule has 0 atom stereocenters. The predicted molar refractivity (Wildman–Crippen MR) is 93.1 cm³/mol. The summed E-state index contributed by atoms with van der Waals surface area (Å²) < 4.78 is 5.35. The van der Waals surface area contributed by atoms with Crippen molar-refractivity contribution in [3.63, 3.8) is 0 Å². The Balaban J connectivity index is 1.86. The van der Waals surface area contributed by atoms with Crippen LogP contribution < -0.4 is 10.2 Å². The lowest BCUT2D eigenvalue weighted by atomic mass is 10.1.